The van der Waals surface area contributed by atoms with Crippen LogP contribution in [0, 0.1) is 20.8 Å². The minimum Gasteiger partial charge on any atom is -0.508 e. The SMILES string of the molecule is Cc1c(O)c(C)c2oc(-c3ccc(O)cc3)c(C)c(=O)c2c1O. The Labute approximate surface area is 132 Å². The van der Waals surface area contributed by atoms with Gasteiger partial charge in [-0.15, -0.1) is 0 Å². The zero-order valence-electron chi connectivity index (χ0n) is 13.0. The second-order valence-corrected chi connectivity index (χ2v) is 5.58. The van der Waals surface area contributed by atoms with Crippen molar-refractivity contribution in [2.24, 2.45) is 0 Å². The molecule has 23 heavy (non-hydrogen) atoms. The number of hydrogen-bond acceptors (Lipinski definition) is 5. The second-order valence-electron chi connectivity index (χ2n) is 5.58. The van der Waals surface area contributed by atoms with Crippen molar-refractivity contribution in [3.05, 3.63) is 51.2 Å². The highest BCUT2D eigenvalue weighted by atomic mass is 16.3. The third kappa shape index (κ3) is 2.12. The van der Waals surface area contributed by atoms with Gasteiger partial charge in [0.25, 0.3) is 0 Å². The van der Waals surface area contributed by atoms with Gasteiger partial charge in [0.05, 0.1) is 0 Å². The van der Waals surface area contributed by atoms with Crippen molar-refractivity contribution in [3.8, 4) is 28.6 Å². The molecule has 0 unspecified atom stereocenters. The lowest BCUT2D eigenvalue weighted by Gasteiger charge is -2.13. The Morgan fingerprint density at radius 2 is 1.43 bits per heavy atom. The van der Waals surface area contributed by atoms with Crippen LogP contribution in [0.5, 0.6) is 17.2 Å². The molecule has 0 saturated heterocycles. The van der Waals surface area contributed by atoms with Crippen LogP contribution in [0.1, 0.15) is 16.7 Å². The Bertz CT molecular complexity index is 981. The van der Waals surface area contributed by atoms with E-state index in [0.717, 1.165) is 0 Å². The number of aromatic hydroxyl groups is 3. The highest BCUT2D eigenvalue weighted by Gasteiger charge is 2.21. The third-order valence-corrected chi connectivity index (χ3v) is 4.11. The molecule has 0 aliphatic rings. The van der Waals surface area contributed by atoms with Crippen LogP contribution in [0.2, 0.25) is 0 Å². The summed E-state index contributed by atoms with van der Waals surface area (Å²) in [6, 6.07) is 6.26. The summed E-state index contributed by atoms with van der Waals surface area (Å²) in [5.41, 5.74) is 1.43. The molecule has 3 N–H and O–H groups in total. The fourth-order valence-electron chi connectivity index (χ4n) is 2.68. The van der Waals surface area contributed by atoms with Gasteiger partial charge in [-0.1, -0.05) is 0 Å². The summed E-state index contributed by atoms with van der Waals surface area (Å²) in [7, 11) is 0. The average molecular weight is 312 g/mol. The van der Waals surface area contributed by atoms with Crippen molar-refractivity contribution < 1.29 is 19.7 Å². The molecule has 3 aromatic rings. The summed E-state index contributed by atoms with van der Waals surface area (Å²) in [5, 5.41) is 29.8. The summed E-state index contributed by atoms with van der Waals surface area (Å²) in [5.74, 6) is 0.0840. The molecule has 0 radical (unpaired) electrons. The lowest BCUT2D eigenvalue weighted by Crippen LogP contribution is -2.09. The molecular formula is C18H16O5. The Hall–Kier alpha value is -2.95. The minimum absolute atomic E-state index is 0.0674. The Morgan fingerprint density at radius 1 is 0.826 bits per heavy atom. The van der Waals surface area contributed by atoms with E-state index in [0.29, 0.717) is 22.5 Å². The Kier molecular flexibility index (Phi) is 3.29. The molecule has 0 aliphatic heterocycles. The Morgan fingerprint density at radius 3 is 2.04 bits per heavy atom. The fraction of sp³-hybridized carbons (Fsp3) is 0.167. The number of benzene rings is 2. The van der Waals surface area contributed by atoms with Crippen LogP contribution < -0.4 is 5.43 Å². The zero-order valence-corrected chi connectivity index (χ0v) is 13.0. The van der Waals surface area contributed by atoms with Crippen molar-refractivity contribution in [2.75, 3.05) is 0 Å². The molecule has 0 bridgehead atoms. The summed E-state index contributed by atoms with van der Waals surface area (Å²) < 4.78 is 5.85. The molecule has 0 amide bonds. The molecule has 3 rings (SSSR count). The van der Waals surface area contributed by atoms with Crippen LogP contribution in [0.4, 0.5) is 0 Å². The standard InChI is InChI=1S/C18H16O5/c1-8-14(20)9(2)18-13(15(8)21)16(22)10(3)17(23-18)11-4-6-12(19)7-5-11/h4-7,19-21H,1-3H3. The minimum atomic E-state index is -0.349. The van der Waals surface area contributed by atoms with Gasteiger partial charge in [0.15, 0.2) is 5.43 Å². The van der Waals surface area contributed by atoms with Crippen LogP contribution in [0.3, 0.4) is 0 Å². The van der Waals surface area contributed by atoms with E-state index in [-0.39, 0.29) is 39.2 Å². The number of aryl methyl sites for hydroxylation is 1. The Balaban J connectivity index is 2.46. The molecule has 1 heterocycles. The predicted octanol–water partition coefficient (Wildman–Crippen LogP) is 3.50. The predicted molar refractivity (Wildman–Crippen MR) is 87.1 cm³/mol. The number of phenols is 3. The van der Waals surface area contributed by atoms with E-state index in [1.807, 2.05) is 0 Å². The number of phenolic OH excluding ortho intramolecular Hbond substituents is 3. The van der Waals surface area contributed by atoms with Gasteiger partial charge in [0.2, 0.25) is 0 Å². The topological polar surface area (TPSA) is 90.9 Å². The van der Waals surface area contributed by atoms with Gasteiger partial charge in [-0.25, -0.2) is 0 Å². The summed E-state index contributed by atoms with van der Waals surface area (Å²) in [4.78, 5) is 12.7. The summed E-state index contributed by atoms with van der Waals surface area (Å²) >= 11 is 0. The molecule has 0 saturated carbocycles. The van der Waals surface area contributed by atoms with E-state index in [4.69, 9.17) is 4.42 Å². The zero-order chi connectivity index (χ0) is 16.9. The molecule has 0 fully saturated rings. The smallest absolute Gasteiger partial charge is 0.200 e. The van der Waals surface area contributed by atoms with Gasteiger partial charge in [-0.05, 0) is 45.0 Å². The fourth-order valence-corrected chi connectivity index (χ4v) is 2.68. The van der Waals surface area contributed by atoms with Gasteiger partial charge < -0.3 is 19.7 Å². The first kappa shape index (κ1) is 15.0. The van der Waals surface area contributed by atoms with E-state index in [1.165, 1.54) is 12.1 Å². The number of rotatable bonds is 1. The van der Waals surface area contributed by atoms with Gasteiger partial charge in [-0.2, -0.15) is 0 Å². The first-order valence-electron chi connectivity index (χ1n) is 7.10. The molecule has 1 aromatic heterocycles. The first-order valence-corrected chi connectivity index (χ1v) is 7.10. The second kappa shape index (κ2) is 5.05. The molecule has 0 spiro atoms. The van der Waals surface area contributed by atoms with Crippen LogP contribution in [0.25, 0.3) is 22.3 Å². The number of fused-ring (bicyclic) bond motifs is 1. The first-order chi connectivity index (χ1) is 10.8. The van der Waals surface area contributed by atoms with E-state index >= 15 is 0 Å². The molecule has 0 atom stereocenters. The monoisotopic (exact) mass is 312 g/mol. The molecule has 118 valence electrons. The highest BCUT2D eigenvalue weighted by Crippen LogP contribution is 2.39. The lowest BCUT2D eigenvalue weighted by molar-refractivity contribution is 0.442. The normalized spacial score (nSPS) is 11.1. The maximum atomic E-state index is 12.7. The summed E-state index contributed by atoms with van der Waals surface area (Å²) in [6.07, 6.45) is 0. The molecule has 2 aromatic carbocycles. The van der Waals surface area contributed by atoms with Crippen LogP contribution in [-0.4, -0.2) is 15.3 Å². The van der Waals surface area contributed by atoms with E-state index in [1.54, 1.807) is 32.9 Å². The lowest BCUT2D eigenvalue weighted by atomic mass is 10.0. The number of hydrogen-bond donors (Lipinski definition) is 3. The molecular weight excluding hydrogens is 296 g/mol. The maximum absolute atomic E-state index is 12.7. The van der Waals surface area contributed by atoms with Crippen LogP contribution in [-0.2, 0) is 0 Å². The molecule has 5 nitrogen and oxygen atoms in total. The highest BCUT2D eigenvalue weighted by molar-refractivity contribution is 5.91. The average Bonchev–Trinajstić information content (AvgIpc) is 2.54. The van der Waals surface area contributed by atoms with Crippen molar-refractivity contribution in [1.29, 1.82) is 0 Å². The summed E-state index contributed by atoms with van der Waals surface area (Å²) in [6.45, 7) is 4.78. The largest absolute Gasteiger partial charge is 0.508 e. The van der Waals surface area contributed by atoms with Crippen LogP contribution in [0.15, 0.2) is 33.5 Å². The van der Waals surface area contributed by atoms with Gasteiger partial charge in [0.1, 0.15) is 34.0 Å². The van der Waals surface area contributed by atoms with Crippen molar-refractivity contribution in [3.63, 3.8) is 0 Å². The van der Waals surface area contributed by atoms with Crippen molar-refractivity contribution in [1.82, 2.24) is 0 Å². The maximum Gasteiger partial charge on any atom is 0.200 e. The molecule has 5 heteroatoms. The molecule has 0 aliphatic carbocycles. The van der Waals surface area contributed by atoms with Gasteiger partial charge in [-0.3, -0.25) is 4.79 Å². The quantitative estimate of drug-likeness (QED) is 0.639. The van der Waals surface area contributed by atoms with Crippen molar-refractivity contribution in [2.45, 2.75) is 20.8 Å². The third-order valence-electron chi connectivity index (χ3n) is 4.11. The van der Waals surface area contributed by atoms with E-state index in [2.05, 4.69) is 0 Å². The van der Waals surface area contributed by atoms with E-state index in [9.17, 15) is 20.1 Å². The van der Waals surface area contributed by atoms with Gasteiger partial charge in [0, 0.05) is 22.3 Å². The van der Waals surface area contributed by atoms with E-state index < -0.39 is 0 Å². The van der Waals surface area contributed by atoms with Crippen molar-refractivity contribution >= 4 is 11.0 Å². The van der Waals surface area contributed by atoms with Gasteiger partial charge >= 0.3 is 0 Å². The van der Waals surface area contributed by atoms with Crippen LogP contribution >= 0.6 is 0 Å².